The smallest absolute Gasteiger partial charge is 0.282 e. The van der Waals surface area contributed by atoms with E-state index in [0.717, 1.165) is 31.2 Å². The number of para-hydroxylation sites is 2. The summed E-state index contributed by atoms with van der Waals surface area (Å²) in [6.07, 6.45) is 7.06. The van der Waals surface area contributed by atoms with Crippen LogP contribution in [0.15, 0.2) is 82.7 Å². The van der Waals surface area contributed by atoms with Gasteiger partial charge in [0.2, 0.25) is 0 Å². The second kappa shape index (κ2) is 11.2. The third kappa shape index (κ3) is 5.77. The highest BCUT2D eigenvalue weighted by molar-refractivity contribution is 5.92. The number of aromatic nitrogens is 2. The fraction of sp³-hybridized carbons (Fsp3) is 0.267. The Morgan fingerprint density at radius 3 is 2.57 bits per heavy atom. The molecule has 0 bridgehead atoms. The van der Waals surface area contributed by atoms with Gasteiger partial charge in [-0.2, -0.15) is 9.78 Å². The second-order valence-corrected chi connectivity index (χ2v) is 9.42. The number of aryl methyl sites for hydroxylation is 1. The van der Waals surface area contributed by atoms with Crippen molar-refractivity contribution in [3.63, 3.8) is 0 Å². The van der Waals surface area contributed by atoms with Gasteiger partial charge in [0, 0.05) is 17.2 Å². The highest BCUT2D eigenvalue weighted by Gasteiger charge is 2.22. The highest BCUT2D eigenvalue weighted by Crippen LogP contribution is 2.31. The molecule has 188 valence electrons. The number of benzene rings is 3. The molecule has 7 heteroatoms. The van der Waals surface area contributed by atoms with Gasteiger partial charge in [-0.15, -0.1) is 0 Å². The van der Waals surface area contributed by atoms with Crippen LogP contribution in [0.2, 0.25) is 0 Å². The molecule has 0 radical (unpaired) electrons. The molecule has 1 aliphatic rings. The summed E-state index contributed by atoms with van der Waals surface area (Å²) >= 11 is 0. The van der Waals surface area contributed by atoms with E-state index in [1.54, 1.807) is 18.3 Å². The molecule has 1 amide bonds. The van der Waals surface area contributed by atoms with E-state index in [1.807, 2.05) is 67.6 Å². The summed E-state index contributed by atoms with van der Waals surface area (Å²) in [6, 6.07) is 22.3. The summed E-state index contributed by atoms with van der Waals surface area (Å²) in [7, 11) is 0. The molecule has 0 aliphatic heterocycles. The Morgan fingerprint density at radius 1 is 1.03 bits per heavy atom. The monoisotopic (exact) mass is 494 g/mol. The molecule has 37 heavy (non-hydrogen) atoms. The zero-order valence-electron chi connectivity index (χ0n) is 20.9. The van der Waals surface area contributed by atoms with E-state index < -0.39 is 0 Å². The fourth-order valence-corrected chi connectivity index (χ4v) is 4.69. The van der Waals surface area contributed by atoms with E-state index in [9.17, 15) is 9.59 Å². The average molecular weight is 495 g/mol. The van der Waals surface area contributed by atoms with E-state index >= 15 is 0 Å². The Labute approximate surface area is 215 Å². The van der Waals surface area contributed by atoms with Gasteiger partial charge >= 0.3 is 0 Å². The highest BCUT2D eigenvalue weighted by atomic mass is 16.5. The lowest BCUT2D eigenvalue weighted by atomic mass is 9.88. The molecule has 1 saturated carbocycles. The van der Waals surface area contributed by atoms with Crippen molar-refractivity contribution >= 4 is 28.7 Å². The van der Waals surface area contributed by atoms with Crippen molar-refractivity contribution < 1.29 is 9.53 Å². The maximum Gasteiger partial charge on any atom is 0.282 e. The molecule has 1 aliphatic carbocycles. The minimum Gasteiger partial charge on any atom is -0.483 e. The van der Waals surface area contributed by atoms with Crippen molar-refractivity contribution in [3.8, 4) is 5.75 Å². The minimum absolute atomic E-state index is 0.149. The first-order chi connectivity index (χ1) is 18.1. The van der Waals surface area contributed by atoms with Gasteiger partial charge < -0.3 is 10.1 Å². The van der Waals surface area contributed by atoms with Crippen LogP contribution in [-0.2, 0) is 4.79 Å². The third-order valence-corrected chi connectivity index (χ3v) is 6.67. The number of anilines is 1. The number of rotatable bonds is 7. The van der Waals surface area contributed by atoms with Crippen molar-refractivity contribution in [2.75, 3.05) is 11.9 Å². The van der Waals surface area contributed by atoms with Crippen molar-refractivity contribution in [3.05, 3.63) is 100 Å². The predicted octanol–water partition coefficient (Wildman–Crippen LogP) is 5.65. The molecule has 0 unspecified atom stereocenters. The SMILES string of the molecule is Cc1ccc(NC(=O)COc2ccccc2C=Nn2c(C3CCCCC3)nc3ccccc3c2=O)cc1. The maximum absolute atomic E-state index is 13.4. The van der Waals surface area contributed by atoms with Gasteiger partial charge in [0.15, 0.2) is 6.61 Å². The zero-order valence-corrected chi connectivity index (χ0v) is 20.9. The Bertz CT molecular complexity index is 1490. The van der Waals surface area contributed by atoms with E-state index in [4.69, 9.17) is 9.72 Å². The number of hydrogen-bond acceptors (Lipinski definition) is 5. The van der Waals surface area contributed by atoms with Crippen LogP contribution in [0.4, 0.5) is 5.69 Å². The molecule has 0 atom stereocenters. The third-order valence-electron chi connectivity index (χ3n) is 6.67. The molecule has 1 heterocycles. The standard InChI is InChI=1S/C30H30N4O3/c1-21-15-17-24(18-16-21)32-28(35)20-37-27-14-8-5-11-23(27)19-31-34-29(22-9-3-2-4-10-22)33-26-13-7-6-12-25(26)30(34)36/h5-8,11-19,22H,2-4,9-10,20H2,1H3,(H,32,35). The number of ether oxygens (including phenoxy) is 1. The zero-order chi connectivity index (χ0) is 25.6. The largest absolute Gasteiger partial charge is 0.483 e. The summed E-state index contributed by atoms with van der Waals surface area (Å²) in [4.78, 5) is 30.7. The minimum atomic E-state index is -0.259. The molecule has 7 nitrogen and oxygen atoms in total. The van der Waals surface area contributed by atoms with E-state index in [-0.39, 0.29) is 24.0 Å². The number of nitrogens with zero attached hydrogens (tertiary/aromatic N) is 3. The van der Waals surface area contributed by atoms with Gasteiger partial charge in [0.05, 0.1) is 17.1 Å². The van der Waals surface area contributed by atoms with Gasteiger partial charge in [-0.3, -0.25) is 9.59 Å². The summed E-state index contributed by atoms with van der Waals surface area (Å²) in [5, 5.41) is 7.97. The molecule has 5 rings (SSSR count). The number of carbonyl (C=O) groups excluding carboxylic acids is 1. The van der Waals surface area contributed by atoms with Crippen LogP contribution in [-0.4, -0.2) is 28.4 Å². The molecule has 1 fully saturated rings. The molecular weight excluding hydrogens is 464 g/mol. The first-order valence-corrected chi connectivity index (χ1v) is 12.7. The van der Waals surface area contributed by atoms with Crippen molar-refractivity contribution in [1.82, 2.24) is 9.66 Å². The van der Waals surface area contributed by atoms with Gasteiger partial charge in [0.1, 0.15) is 11.6 Å². The Balaban J connectivity index is 1.39. The number of nitrogens with one attached hydrogen (secondary N) is 1. The number of hydrogen-bond donors (Lipinski definition) is 1. The van der Waals surface area contributed by atoms with Crippen LogP contribution in [0.1, 0.15) is 55.0 Å². The van der Waals surface area contributed by atoms with Crippen LogP contribution < -0.4 is 15.6 Å². The molecular formula is C30H30N4O3. The van der Waals surface area contributed by atoms with Gasteiger partial charge in [-0.05, 0) is 56.2 Å². The lowest BCUT2D eigenvalue weighted by molar-refractivity contribution is -0.118. The number of fused-ring (bicyclic) bond motifs is 1. The molecule has 4 aromatic rings. The first kappa shape index (κ1) is 24.4. The lowest BCUT2D eigenvalue weighted by Gasteiger charge is -2.22. The fourth-order valence-electron chi connectivity index (χ4n) is 4.69. The van der Waals surface area contributed by atoms with Crippen molar-refractivity contribution in [2.24, 2.45) is 5.10 Å². The van der Waals surface area contributed by atoms with Crippen LogP contribution >= 0.6 is 0 Å². The van der Waals surface area contributed by atoms with Gasteiger partial charge in [0.25, 0.3) is 11.5 Å². The van der Waals surface area contributed by atoms with E-state index in [1.165, 1.54) is 11.1 Å². The summed E-state index contributed by atoms with van der Waals surface area (Å²) in [5.74, 6) is 1.15. The van der Waals surface area contributed by atoms with Crippen LogP contribution in [0.3, 0.4) is 0 Å². The molecule has 1 aromatic heterocycles. The predicted molar refractivity (Wildman–Crippen MR) is 147 cm³/mol. The summed E-state index contributed by atoms with van der Waals surface area (Å²) in [5.41, 5.74) is 3.02. The first-order valence-electron chi connectivity index (χ1n) is 12.7. The topological polar surface area (TPSA) is 85.6 Å². The average Bonchev–Trinajstić information content (AvgIpc) is 2.93. The van der Waals surface area contributed by atoms with Gasteiger partial charge in [-0.1, -0.05) is 61.2 Å². The molecule has 1 N–H and O–H groups in total. The van der Waals surface area contributed by atoms with Crippen molar-refractivity contribution in [2.45, 2.75) is 44.9 Å². The van der Waals surface area contributed by atoms with E-state index in [0.29, 0.717) is 33.7 Å². The maximum atomic E-state index is 13.4. The number of amides is 1. The second-order valence-electron chi connectivity index (χ2n) is 9.42. The quantitative estimate of drug-likeness (QED) is 0.336. The summed E-state index contributed by atoms with van der Waals surface area (Å²) < 4.78 is 7.27. The normalized spacial score (nSPS) is 14.2. The Hall–Kier alpha value is -4.26. The van der Waals surface area contributed by atoms with Crippen LogP contribution in [0.25, 0.3) is 10.9 Å². The van der Waals surface area contributed by atoms with E-state index in [2.05, 4.69) is 10.4 Å². The molecule has 0 saturated heterocycles. The van der Waals surface area contributed by atoms with Crippen LogP contribution in [0, 0.1) is 6.92 Å². The van der Waals surface area contributed by atoms with Gasteiger partial charge in [-0.25, -0.2) is 4.98 Å². The lowest BCUT2D eigenvalue weighted by Crippen LogP contribution is -2.25. The summed E-state index contributed by atoms with van der Waals surface area (Å²) in [6.45, 7) is 1.84. The molecule has 0 spiro atoms. The Morgan fingerprint density at radius 2 is 1.76 bits per heavy atom. The molecule has 3 aromatic carbocycles. The number of carbonyl (C=O) groups is 1. The Kier molecular flexibility index (Phi) is 7.40. The van der Waals surface area contributed by atoms with Crippen LogP contribution in [0.5, 0.6) is 5.75 Å². The van der Waals surface area contributed by atoms with Crippen molar-refractivity contribution in [1.29, 1.82) is 0 Å².